The molecule has 0 bridgehead atoms. The molecule has 2 unspecified atom stereocenters. The molecular weight excluding hydrogens is 336 g/mol. The van der Waals surface area contributed by atoms with Crippen molar-refractivity contribution in [1.82, 2.24) is 5.32 Å². The highest BCUT2D eigenvalue weighted by atomic mass is 79.9. The maximum absolute atomic E-state index is 13.8. The van der Waals surface area contributed by atoms with Crippen LogP contribution >= 0.6 is 15.9 Å². The van der Waals surface area contributed by atoms with Gasteiger partial charge in [-0.3, -0.25) is 0 Å². The van der Waals surface area contributed by atoms with E-state index in [0.717, 1.165) is 30.6 Å². The molecule has 2 atom stereocenters. The standard InChI is InChI=1S/C17H16BrF2N/c18-16-5-4-12(9-17(16)20)14-6-7-21-10-15(14)11-2-1-3-13(19)8-11/h1-5,8-9,14-15,21H,6-7,10H2. The summed E-state index contributed by atoms with van der Waals surface area (Å²) in [4.78, 5) is 0. The van der Waals surface area contributed by atoms with E-state index in [9.17, 15) is 8.78 Å². The average Bonchev–Trinajstić information content (AvgIpc) is 2.50. The summed E-state index contributed by atoms with van der Waals surface area (Å²) in [5.74, 6) is -0.103. The SMILES string of the molecule is Fc1cccc(C2CNCCC2c2ccc(Br)c(F)c2)c1. The molecule has 4 heteroatoms. The molecule has 1 aliphatic rings. The summed E-state index contributed by atoms with van der Waals surface area (Å²) in [5, 5.41) is 3.35. The molecule has 1 N–H and O–H groups in total. The number of hydrogen-bond donors (Lipinski definition) is 1. The minimum Gasteiger partial charge on any atom is -0.316 e. The first-order chi connectivity index (χ1) is 10.1. The second kappa shape index (κ2) is 6.24. The number of piperidine rings is 1. The summed E-state index contributed by atoms with van der Waals surface area (Å²) in [6, 6.07) is 12.0. The molecular formula is C17H16BrF2N. The maximum atomic E-state index is 13.8. The minimum absolute atomic E-state index is 0.162. The van der Waals surface area contributed by atoms with Gasteiger partial charge in [0.1, 0.15) is 11.6 Å². The molecule has 0 aliphatic carbocycles. The summed E-state index contributed by atoms with van der Waals surface area (Å²) in [5.41, 5.74) is 1.95. The molecule has 1 aliphatic heterocycles. The molecule has 0 radical (unpaired) electrons. The van der Waals surface area contributed by atoms with E-state index in [1.807, 2.05) is 12.1 Å². The van der Waals surface area contributed by atoms with Crippen LogP contribution in [0.4, 0.5) is 8.78 Å². The molecule has 2 aromatic rings. The summed E-state index contributed by atoms with van der Waals surface area (Å²) in [6.07, 6.45) is 0.919. The van der Waals surface area contributed by atoms with Crippen LogP contribution in [0, 0.1) is 11.6 Å². The lowest BCUT2D eigenvalue weighted by atomic mass is 9.77. The molecule has 1 fully saturated rings. The molecule has 1 heterocycles. The third-order valence-electron chi connectivity index (χ3n) is 4.13. The molecule has 2 aromatic carbocycles. The first-order valence-corrected chi connectivity index (χ1v) is 7.85. The van der Waals surface area contributed by atoms with E-state index in [0.29, 0.717) is 4.47 Å². The zero-order chi connectivity index (χ0) is 14.8. The van der Waals surface area contributed by atoms with Gasteiger partial charge in [-0.05, 0) is 70.2 Å². The van der Waals surface area contributed by atoms with Crippen molar-refractivity contribution in [3.05, 3.63) is 69.7 Å². The van der Waals surface area contributed by atoms with E-state index < -0.39 is 0 Å². The van der Waals surface area contributed by atoms with E-state index >= 15 is 0 Å². The van der Waals surface area contributed by atoms with Crippen molar-refractivity contribution >= 4 is 15.9 Å². The topological polar surface area (TPSA) is 12.0 Å². The number of hydrogen-bond acceptors (Lipinski definition) is 1. The monoisotopic (exact) mass is 351 g/mol. The molecule has 21 heavy (non-hydrogen) atoms. The Morgan fingerprint density at radius 3 is 2.57 bits per heavy atom. The Kier molecular flexibility index (Phi) is 4.36. The Morgan fingerprint density at radius 1 is 1.00 bits per heavy atom. The van der Waals surface area contributed by atoms with Crippen LogP contribution in [0.5, 0.6) is 0 Å². The molecule has 110 valence electrons. The van der Waals surface area contributed by atoms with Crippen molar-refractivity contribution in [2.24, 2.45) is 0 Å². The Bertz CT molecular complexity index is 644. The van der Waals surface area contributed by atoms with Gasteiger partial charge < -0.3 is 5.32 Å². The fraction of sp³-hybridized carbons (Fsp3) is 0.294. The van der Waals surface area contributed by atoms with Crippen LogP contribution in [-0.2, 0) is 0 Å². The first-order valence-electron chi connectivity index (χ1n) is 7.06. The van der Waals surface area contributed by atoms with Gasteiger partial charge in [0, 0.05) is 12.5 Å². The van der Waals surface area contributed by atoms with Crippen molar-refractivity contribution in [2.75, 3.05) is 13.1 Å². The smallest absolute Gasteiger partial charge is 0.137 e. The molecule has 0 aromatic heterocycles. The van der Waals surface area contributed by atoms with Gasteiger partial charge in [-0.2, -0.15) is 0 Å². The van der Waals surface area contributed by atoms with Crippen molar-refractivity contribution < 1.29 is 8.78 Å². The van der Waals surface area contributed by atoms with Crippen LogP contribution in [0.1, 0.15) is 29.4 Å². The Balaban J connectivity index is 1.96. The van der Waals surface area contributed by atoms with E-state index in [1.165, 1.54) is 6.07 Å². The van der Waals surface area contributed by atoms with Crippen molar-refractivity contribution in [1.29, 1.82) is 0 Å². The summed E-state index contributed by atoms with van der Waals surface area (Å²) >= 11 is 3.19. The predicted molar refractivity (Wildman–Crippen MR) is 83.5 cm³/mol. The van der Waals surface area contributed by atoms with E-state index in [4.69, 9.17) is 0 Å². The molecule has 0 amide bonds. The highest BCUT2D eigenvalue weighted by Gasteiger charge is 2.28. The Hall–Kier alpha value is -1.26. The van der Waals surface area contributed by atoms with Crippen LogP contribution in [-0.4, -0.2) is 13.1 Å². The lowest BCUT2D eigenvalue weighted by Gasteiger charge is -2.33. The zero-order valence-electron chi connectivity index (χ0n) is 11.5. The normalized spacial score (nSPS) is 22.2. The summed E-state index contributed by atoms with van der Waals surface area (Å²) in [6.45, 7) is 1.68. The van der Waals surface area contributed by atoms with Gasteiger partial charge in [-0.1, -0.05) is 18.2 Å². The fourth-order valence-electron chi connectivity index (χ4n) is 3.09. The van der Waals surface area contributed by atoms with Crippen LogP contribution in [0.25, 0.3) is 0 Å². The van der Waals surface area contributed by atoms with Gasteiger partial charge in [0.25, 0.3) is 0 Å². The van der Waals surface area contributed by atoms with Crippen LogP contribution in [0.15, 0.2) is 46.9 Å². The third-order valence-corrected chi connectivity index (χ3v) is 4.77. The van der Waals surface area contributed by atoms with Crippen LogP contribution in [0.2, 0.25) is 0 Å². The van der Waals surface area contributed by atoms with Gasteiger partial charge in [-0.15, -0.1) is 0 Å². The van der Waals surface area contributed by atoms with Gasteiger partial charge in [0.2, 0.25) is 0 Å². The number of halogens is 3. The van der Waals surface area contributed by atoms with Gasteiger partial charge in [-0.25, -0.2) is 8.78 Å². The second-order valence-corrected chi connectivity index (χ2v) is 6.29. The summed E-state index contributed by atoms with van der Waals surface area (Å²) in [7, 11) is 0. The molecule has 1 saturated heterocycles. The largest absolute Gasteiger partial charge is 0.316 e. The fourth-order valence-corrected chi connectivity index (χ4v) is 3.33. The van der Waals surface area contributed by atoms with Crippen molar-refractivity contribution in [3.63, 3.8) is 0 Å². The van der Waals surface area contributed by atoms with E-state index in [2.05, 4.69) is 21.2 Å². The molecule has 0 spiro atoms. The first kappa shape index (κ1) is 14.7. The second-order valence-electron chi connectivity index (χ2n) is 5.43. The number of nitrogens with one attached hydrogen (secondary N) is 1. The van der Waals surface area contributed by atoms with Crippen molar-refractivity contribution in [3.8, 4) is 0 Å². The molecule has 0 saturated carbocycles. The predicted octanol–water partition coefficient (Wildman–Crippen LogP) is 4.59. The molecule has 3 rings (SSSR count). The van der Waals surface area contributed by atoms with E-state index in [1.54, 1.807) is 24.3 Å². The Morgan fingerprint density at radius 2 is 1.81 bits per heavy atom. The van der Waals surface area contributed by atoms with Crippen molar-refractivity contribution in [2.45, 2.75) is 18.3 Å². The zero-order valence-corrected chi connectivity index (χ0v) is 13.0. The third kappa shape index (κ3) is 3.16. The average molecular weight is 352 g/mol. The Labute approximate surface area is 131 Å². The lowest BCUT2D eigenvalue weighted by Crippen LogP contribution is -2.34. The van der Waals surface area contributed by atoms with Crippen LogP contribution < -0.4 is 5.32 Å². The minimum atomic E-state index is -0.246. The van der Waals surface area contributed by atoms with Crippen LogP contribution in [0.3, 0.4) is 0 Å². The highest BCUT2D eigenvalue weighted by molar-refractivity contribution is 9.10. The lowest BCUT2D eigenvalue weighted by molar-refractivity contribution is 0.401. The highest BCUT2D eigenvalue weighted by Crippen LogP contribution is 2.38. The van der Waals surface area contributed by atoms with Gasteiger partial charge in [0.05, 0.1) is 4.47 Å². The van der Waals surface area contributed by atoms with Gasteiger partial charge >= 0.3 is 0 Å². The quantitative estimate of drug-likeness (QED) is 0.834. The molecule has 1 nitrogen and oxygen atoms in total. The van der Waals surface area contributed by atoms with Gasteiger partial charge in [0.15, 0.2) is 0 Å². The maximum Gasteiger partial charge on any atom is 0.137 e. The summed E-state index contributed by atoms with van der Waals surface area (Å²) < 4.78 is 27.8. The number of rotatable bonds is 2. The number of benzene rings is 2. The van der Waals surface area contributed by atoms with E-state index in [-0.39, 0.29) is 23.5 Å².